The molecular formula is C22H29N3O4S. The van der Waals surface area contributed by atoms with E-state index in [1.165, 1.54) is 19.2 Å². The molecule has 30 heavy (non-hydrogen) atoms. The van der Waals surface area contributed by atoms with Gasteiger partial charge in [0.1, 0.15) is 5.75 Å². The van der Waals surface area contributed by atoms with Crippen LogP contribution in [0.4, 0.5) is 5.69 Å². The number of amides is 1. The third-order valence-corrected chi connectivity index (χ3v) is 6.83. The lowest BCUT2D eigenvalue weighted by Gasteiger charge is -2.20. The van der Waals surface area contributed by atoms with Crippen molar-refractivity contribution in [3.8, 4) is 5.75 Å². The highest BCUT2D eigenvalue weighted by molar-refractivity contribution is 7.92. The van der Waals surface area contributed by atoms with Gasteiger partial charge in [-0.25, -0.2) is 8.42 Å². The van der Waals surface area contributed by atoms with E-state index < -0.39 is 10.0 Å². The summed E-state index contributed by atoms with van der Waals surface area (Å²) in [5, 5.41) is 0. The van der Waals surface area contributed by atoms with Crippen molar-refractivity contribution < 1.29 is 17.9 Å². The van der Waals surface area contributed by atoms with Crippen LogP contribution in [-0.2, 0) is 10.0 Å². The lowest BCUT2D eigenvalue weighted by Crippen LogP contribution is -2.31. The molecule has 8 heteroatoms. The molecule has 1 aliphatic rings. The first-order valence-electron chi connectivity index (χ1n) is 10.1. The smallest absolute Gasteiger partial charge is 0.262 e. The predicted octanol–water partition coefficient (Wildman–Crippen LogP) is 2.91. The van der Waals surface area contributed by atoms with E-state index >= 15 is 0 Å². The number of hydrogen-bond acceptors (Lipinski definition) is 5. The molecule has 0 radical (unpaired) electrons. The number of sulfonamides is 1. The zero-order valence-corrected chi connectivity index (χ0v) is 18.5. The number of nitrogens with one attached hydrogen (secondary N) is 1. The first-order valence-corrected chi connectivity index (χ1v) is 11.6. The Morgan fingerprint density at radius 2 is 1.90 bits per heavy atom. The molecule has 7 nitrogen and oxygen atoms in total. The fourth-order valence-corrected chi connectivity index (χ4v) is 4.70. The van der Waals surface area contributed by atoms with Gasteiger partial charge in [-0.15, -0.1) is 0 Å². The van der Waals surface area contributed by atoms with E-state index in [0.717, 1.165) is 32.6 Å². The number of para-hydroxylation sites is 2. The molecule has 1 saturated heterocycles. The quantitative estimate of drug-likeness (QED) is 0.695. The van der Waals surface area contributed by atoms with E-state index in [4.69, 9.17) is 4.74 Å². The topological polar surface area (TPSA) is 79.0 Å². The van der Waals surface area contributed by atoms with Crippen molar-refractivity contribution in [2.24, 2.45) is 5.92 Å². The lowest BCUT2D eigenvalue weighted by molar-refractivity contribution is 0.0784. The van der Waals surface area contributed by atoms with Crippen LogP contribution in [0.15, 0.2) is 53.4 Å². The number of likely N-dealkylation sites (tertiary alicyclic amines) is 1. The second-order valence-corrected chi connectivity index (χ2v) is 9.27. The van der Waals surface area contributed by atoms with Gasteiger partial charge in [-0.05, 0) is 62.3 Å². The Balaban J connectivity index is 1.68. The van der Waals surface area contributed by atoms with Crippen LogP contribution in [0.5, 0.6) is 5.75 Å². The summed E-state index contributed by atoms with van der Waals surface area (Å²) in [5.74, 6) is 0.854. The molecule has 0 spiro atoms. The van der Waals surface area contributed by atoms with E-state index in [9.17, 15) is 13.2 Å². The maximum Gasteiger partial charge on any atom is 0.262 e. The summed E-state index contributed by atoms with van der Waals surface area (Å²) in [6.07, 6.45) is 0.991. The average Bonchev–Trinajstić information content (AvgIpc) is 3.21. The number of benzene rings is 2. The van der Waals surface area contributed by atoms with Crippen LogP contribution in [0.25, 0.3) is 0 Å². The Hall–Kier alpha value is -2.58. The number of nitrogens with zero attached hydrogens (tertiary/aromatic N) is 2. The Morgan fingerprint density at radius 3 is 2.57 bits per heavy atom. The minimum absolute atomic E-state index is 0.0571. The number of carbonyl (C=O) groups is 1. The predicted molar refractivity (Wildman–Crippen MR) is 117 cm³/mol. The third kappa shape index (κ3) is 5.12. The minimum atomic E-state index is -3.79. The Bertz CT molecular complexity index is 976. The van der Waals surface area contributed by atoms with Gasteiger partial charge in [0.05, 0.1) is 17.7 Å². The first kappa shape index (κ1) is 22.1. The highest BCUT2D eigenvalue weighted by Crippen LogP contribution is 2.26. The zero-order chi connectivity index (χ0) is 21.7. The van der Waals surface area contributed by atoms with E-state index in [1.54, 1.807) is 36.4 Å². The number of ether oxygens (including phenoxy) is 1. The number of methoxy groups -OCH3 is 1. The molecule has 1 heterocycles. The zero-order valence-electron chi connectivity index (χ0n) is 17.7. The van der Waals surface area contributed by atoms with Crippen molar-refractivity contribution in [3.05, 3.63) is 54.1 Å². The standard InChI is InChI=1S/C22H29N3O4S/c1-4-24(2)15-17-13-14-25(16-17)22(26)18-9-11-19(12-10-18)30(27,28)23-20-7-5-6-8-21(20)29-3/h5-12,17,23H,4,13-16H2,1-3H3/t17-/m0/s1. The Kier molecular flexibility index (Phi) is 6.99. The minimum Gasteiger partial charge on any atom is -0.495 e. The second kappa shape index (κ2) is 9.49. The van der Waals surface area contributed by atoms with Gasteiger partial charge in [0.25, 0.3) is 15.9 Å². The van der Waals surface area contributed by atoms with Crippen molar-refractivity contribution in [3.63, 3.8) is 0 Å². The van der Waals surface area contributed by atoms with Gasteiger partial charge in [-0.3, -0.25) is 9.52 Å². The molecule has 0 aliphatic carbocycles. The van der Waals surface area contributed by atoms with Crippen molar-refractivity contribution in [1.82, 2.24) is 9.80 Å². The molecule has 2 aromatic rings. The lowest BCUT2D eigenvalue weighted by atomic mass is 10.1. The Morgan fingerprint density at radius 1 is 1.20 bits per heavy atom. The molecule has 1 fully saturated rings. The summed E-state index contributed by atoms with van der Waals surface area (Å²) in [7, 11) is -0.224. The van der Waals surface area contributed by atoms with E-state index in [-0.39, 0.29) is 10.8 Å². The van der Waals surface area contributed by atoms with Gasteiger partial charge < -0.3 is 14.5 Å². The molecule has 0 unspecified atom stereocenters. The highest BCUT2D eigenvalue weighted by Gasteiger charge is 2.27. The largest absolute Gasteiger partial charge is 0.495 e. The van der Waals surface area contributed by atoms with Crippen molar-refractivity contribution in [2.75, 3.05) is 45.1 Å². The number of carbonyl (C=O) groups excluding carboxylic acids is 1. The van der Waals surface area contributed by atoms with E-state index in [0.29, 0.717) is 22.9 Å². The summed E-state index contributed by atoms with van der Waals surface area (Å²) in [6.45, 7) is 5.56. The van der Waals surface area contributed by atoms with Crippen LogP contribution in [0.2, 0.25) is 0 Å². The molecule has 0 aromatic heterocycles. The second-order valence-electron chi connectivity index (χ2n) is 7.59. The maximum atomic E-state index is 12.8. The molecule has 3 rings (SSSR count). The van der Waals surface area contributed by atoms with Crippen LogP contribution in [0.3, 0.4) is 0 Å². The SMILES string of the molecule is CCN(C)C[C@@H]1CCN(C(=O)c2ccc(S(=O)(=O)Nc3ccccc3OC)cc2)C1. The van der Waals surface area contributed by atoms with E-state index in [2.05, 4.69) is 23.6 Å². The van der Waals surface area contributed by atoms with Crippen molar-refractivity contribution in [2.45, 2.75) is 18.2 Å². The van der Waals surface area contributed by atoms with Crippen LogP contribution >= 0.6 is 0 Å². The summed E-state index contributed by atoms with van der Waals surface area (Å²) < 4.78 is 33.2. The third-order valence-electron chi connectivity index (χ3n) is 5.45. The summed E-state index contributed by atoms with van der Waals surface area (Å²) in [6, 6.07) is 12.9. The molecule has 1 aliphatic heterocycles. The summed E-state index contributed by atoms with van der Waals surface area (Å²) >= 11 is 0. The van der Waals surface area contributed by atoms with Crippen LogP contribution in [-0.4, -0.2) is 64.5 Å². The van der Waals surface area contributed by atoms with Gasteiger partial charge in [-0.1, -0.05) is 19.1 Å². The van der Waals surface area contributed by atoms with E-state index in [1.807, 2.05) is 4.90 Å². The average molecular weight is 432 g/mol. The molecule has 1 N–H and O–H groups in total. The number of rotatable bonds is 8. The number of anilines is 1. The van der Waals surface area contributed by atoms with Crippen molar-refractivity contribution in [1.29, 1.82) is 0 Å². The van der Waals surface area contributed by atoms with Gasteiger partial charge in [0.15, 0.2) is 0 Å². The molecule has 1 amide bonds. The fourth-order valence-electron chi connectivity index (χ4n) is 3.63. The van der Waals surface area contributed by atoms with Gasteiger partial charge in [-0.2, -0.15) is 0 Å². The van der Waals surface area contributed by atoms with Gasteiger partial charge >= 0.3 is 0 Å². The molecular weight excluding hydrogens is 402 g/mol. The highest BCUT2D eigenvalue weighted by atomic mass is 32.2. The van der Waals surface area contributed by atoms with Crippen LogP contribution < -0.4 is 9.46 Å². The summed E-state index contributed by atoms with van der Waals surface area (Å²) in [4.78, 5) is 17.0. The molecule has 2 aromatic carbocycles. The normalized spacial score (nSPS) is 16.7. The molecule has 0 bridgehead atoms. The van der Waals surface area contributed by atoms with Crippen molar-refractivity contribution >= 4 is 21.6 Å². The van der Waals surface area contributed by atoms with Gasteiger partial charge in [0, 0.05) is 25.2 Å². The molecule has 162 valence electrons. The van der Waals surface area contributed by atoms with Crippen LogP contribution in [0, 0.1) is 5.92 Å². The fraction of sp³-hybridized carbons (Fsp3) is 0.409. The Labute approximate surface area is 178 Å². The van der Waals surface area contributed by atoms with Crippen LogP contribution in [0.1, 0.15) is 23.7 Å². The molecule has 0 saturated carbocycles. The number of hydrogen-bond donors (Lipinski definition) is 1. The maximum absolute atomic E-state index is 12.8. The molecule has 1 atom stereocenters. The summed E-state index contributed by atoms with van der Waals surface area (Å²) in [5.41, 5.74) is 0.857. The van der Waals surface area contributed by atoms with Gasteiger partial charge in [0.2, 0.25) is 0 Å². The monoisotopic (exact) mass is 431 g/mol. The first-order chi connectivity index (χ1) is 14.3.